The van der Waals surface area contributed by atoms with E-state index in [1.54, 1.807) is 32.9 Å². The molecule has 2 amide bonds. The average molecular weight is 646 g/mol. The Balaban J connectivity index is 2.19. The van der Waals surface area contributed by atoms with Crippen molar-refractivity contribution in [3.63, 3.8) is 0 Å². The SMILES string of the molecule is COc1ccc(OC)c(N(CC(=O)N(Cc2ccccc2F)[C@H](C)C(=O)NC(C)(C)C)S(=O)(=O)c2ccc(OC)c(OC)c2)c1. The Morgan fingerprint density at radius 1 is 0.867 bits per heavy atom. The summed E-state index contributed by atoms with van der Waals surface area (Å²) in [6.45, 7) is 5.78. The number of benzene rings is 3. The van der Waals surface area contributed by atoms with Crippen molar-refractivity contribution in [2.45, 2.75) is 50.7 Å². The lowest BCUT2D eigenvalue weighted by Crippen LogP contribution is -2.54. The van der Waals surface area contributed by atoms with E-state index in [1.807, 2.05) is 0 Å². The Hall–Kier alpha value is -4.52. The molecule has 3 aromatic carbocycles. The highest BCUT2D eigenvalue weighted by molar-refractivity contribution is 7.92. The van der Waals surface area contributed by atoms with E-state index >= 15 is 0 Å². The summed E-state index contributed by atoms with van der Waals surface area (Å²) in [5, 5.41) is 2.83. The van der Waals surface area contributed by atoms with Crippen LogP contribution in [0.4, 0.5) is 10.1 Å². The van der Waals surface area contributed by atoms with Crippen LogP contribution in [-0.2, 0) is 26.2 Å². The van der Waals surface area contributed by atoms with E-state index in [1.165, 1.54) is 83.9 Å². The fourth-order valence-corrected chi connectivity index (χ4v) is 5.91. The van der Waals surface area contributed by atoms with Crippen LogP contribution in [0.5, 0.6) is 23.0 Å². The maximum Gasteiger partial charge on any atom is 0.265 e. The summed E-state index contributed by atoms with van der Waals surface area (Å²) < 4.78 is 65.8. The second-order valence-corrected chi connectivity index (χ2v) is 13.0. The molecule has 3 rings (SSSR count). The number of halogens is 1. The molecule has 0 bridgehead atoms. The van der Waals surface area contributed by atoms with Gasteiger partial charge in [-0.15, -0.1) is 0 Å². The summed E-state index contributed by atoms with van der Waals surface area (Å²) in [6, 6.07) is 13.3. The molecule has 1 atom stereocenters. The molecule has 0 aliphatic heterocycles. The van der Waals surface area contributed by atoms with Gasteiger partial charge in [0.25, 0.3) is 10.0 Å². The van der Waals surface area contributed by atoms with Crippen LogP contribution in [0.1, 0.15) is 33.3 Å². The van der Waals surface area contributed by atoms with E-state index in [0.717, 1.165) is 9.21 Å². The summed E-state index contributed by atoms with van der Waals surface area (Å²) in [7, 11) is 1.04. The van der Waals surface area contributed by atoms with E-state index in [9.17, 15) is 22.4 Å². The number of carbonyl (C=O) groups excluding carboxylic acids is 2. The molecule has 244 valence electrons. The Morgan fingerprint density at radius 3 is 2.07 bits per heavy atom. The first-order chi connectivity index (χ1) is 21.2. The van der Waals surface area contributed by atoms with Crippen molar-refractivity contribution in [1.29, 1.82) is 0 Å². The zero-order valence-electron chi connectivity index (χ0n) is 26.7. The number of nitrogens with one attached hydrogen (secondary N) is 1. The highest BCUT2D eigenvalue weighted by Crippen LogP contribution is 2.38. The van der Waals surface area contributed by atoms with Gasteiger partial charge in [0.15, 0.2) is 11.5 Å². The zero-order chi connectivity index (χ0) is 33.5. The number of carbonyl (C=O) groups is 2. The lowest BCUT2D eigenvalue weighted by atomic mass is 10.1. The summed E-state index contributed by atoms with van der Waals surface area (Å²) in [6.07, 6.45) is 0. The second kappa shape index (κ2) is 14.5. The number of anilines is 1. The number of amides is 2. The number of methoxy groups -OCH3 is 4. The van der Waals surface area contributed by atoms with E-state index in [0.29, 0.717) is 11.5 Å². The van der Waals surface area contributed by atoms with Gasteiger partial charge in [0.2, 0.25) is 11.8 Å². The Morgan fingerprint density at radius 2 is 1.49 bits per heavy atom. The number of rotatable bonds is 13. The highest BCUT2D eigenvalue weighted by atomic mass is 32.2. The third-order valence-corrected chi connectivity index (χ3v) is 8.60. The molecule has 0 fully saturated rings. The number of hydrogen-bond acceptors (Lipinski definition) is 8. The van der Waals surface area contributed by atoms with Crippen LogP contribution in [0.3, 0.4) is 0 Å². The van der Waals surface area contributed by atoms with Crippen molar-refractivity contribution in [2.75, 3.05) is 39.3 Å². The van der Waals surface area contributed by atoms with E-state index in [2.05, 4.69) is 5.32 Å². The normalized spacial score (nSPS) is 12.1. The fourth-order valence-electron chi connectivity index (χ4n) is 4.48. The molecule has 0 radical (unpaired) electrons. The molecule has 13 heteroatoms. The van der Waals surface area contributed by atoms with Gasteiger partial charge in [-0.1, -0.05) is 18.2 Å². The minimum atomic E-state index is -4.51. The van der Waals surface area contributed by atoms with Gasteiger partial charge in [-0.3, -0.25) is 13.9 Å². The quantitative estimate of drug-likeness (QED) is 0.291. The Kier molecular flexibility index (Phi) is 11.3. The number of hydrogen-bond donors (Lipinski definition) is 1. The zero-order valence-corrected chi connectivity index (χ0v) is 27.5. The van der Waals surface area contributed by atoms with Crippen molar-refractivity contribution in [2.24, 2.45) is 0 Å². The molecule has 0 spiro atoms. The van der Waals surface area contributed by atoms with Crippen molar-refractivity contribution >= 4 is 27.5 Å². The maximum absolute atomic E-state index is 14.8. The molecule has 0 heterocycles. The number of nitrogens with zero attached hydrogens (tertiary/aromatic N) is 2. The topological polar surface area (TPSA) is 124 Å². The molecule has 0 unspecified atom stereocenters. The predicted molar refractivity (Wildman–Crippen MR) is 168 cm³/mol. The van der Waals surface area contributed by atoms with Crippen molar-refractivity contribution in [3.8, 4) is 23.0 Å². The molecular weight excluding hydrogens is 605 g/mol. The third kappa shape index (κ3) is 8.35. The van der Waals surface area contributed by atoms with Crippen molar-refractivity contribution in [3.05, 3.63) is 72.0 Å². The minimum Gasteiger partial charge on any atom is -0.497 e. The van der Waals surface area contributed by atoms with Crippen LogP contribution in [0, 0.1) is 5.82 Å². The second-order valence-electron chi connectivity index (χ2n) is 11.1. The highest BCUT2D eigenvalue weighted by Gasteiger charge is 2.35. The minimum absolute atomic E-state index is 0.00220. The summed E-state index contributed by atoms with van der Waals surface area (Å²) in [5.41, 5.74) is -0.485. The molecule has 0 aliphatic carbocycles. The maximum atomic E-state index is 14.8. The lowest BCUT2D eigenvalue weighted by Gasteiger charge is -2.34. The first kappa shape index (κ1) is 35.0. The summed E-state index contributed by atoms with van der Waals surface area (Å²) in [4.78, 5) is 28.4. The monoisotopic (exact) mass is 645 g/mol. The predicted octanol–water partition coefficient (Wildman–Crippen LogP) is 4.39. The van der Waals surface area contributed by atoms with E-state index in [4.69, 9.17) is 18.9 Å². The van der Waals surface area contributed by atoms with Gasteiger partial charge in [-0.2, -0.15) is 0 Å². The first-order valence-electron chi connectivity index (χ1n) is 14.0. The molecule has 0 saturated carbocycles. The number of ether oxygens (including phenoxy) is 4. The summed E-state index contributed by atoms with van der Waals surface area (Å²) in [5.74, 6) is -0.977. The molecule has 0 saturated heterocycles. The third-order valence-electron chi connectivity index (χ3n) is 6.84. The van der Waals surface area contributed by atoms with Crippen LogP contribution >= 0.6 is 0 Å². The van der Waals surface area contributed by atoms with Gasteiger partial charge in [-0.05, 0) is 58.0 Å². The van der Waals surface area contributed by atoms with Crippen LogP contribution in [0.2, 0.25) is 0 Å². The van der Waals surface area contributed by atoms with Gasteiger partial charge in [0, 0.05) is 29.8 Å². The first-order valence-corrected chi connectivity index (χ1v) is 15.4. The van der Waals surface area contributed by atoms with Crippen LogP contribution in [0.15, 0.2) is 65.6 Å². The van der Waals surface area contributed by atoms with Gasteiger partial charge in [0.05, 0.1) is 39.0 Å². The van der Waals surface area contributed by atoms with Gasteiger partial charge in [0.1, 0.15) is 29.9 Å². The largest absolute Gasteiger partial charge is 0.497 e. The molecule has 1 N–H and O–H groups in total. The smallest absolute Gasteiger partial charge is 0.265 e. The lowest BCUT2D eigenvalue weighted by molar-refractivity contribution is -0.140. The van der Waals surface area contributed by atoms with Crippen LogP contribution in [0.25, 0.3) is 0 Å². The molecule has 0 aromatic heterocycles. The van der Waals surface area contributed by atoms with Crippen LogP contribution < -0.4 is 28.6 Å². The Labute approximate surface area is 263 Å². The average Bonchev–Trinajstić information content (AvgIpc) is 3.01. The number of sulfonamides is 1. The van der Waals surface area contributed by atoms with E-state index < -0.39 is 45.8 Å². The molecular formula is C32H40FN3O8S. The Bertz CT molecular complexity index is 1620. The van der Waals surface area contributed by atoms with Crippen molar-refractivity contribution in [1.82, 2.24) is 10.2 Å². The molecule has 0 aliphatic rings. The van der Waals surface area contributed by atoms with Crippen LogP contribution in [-0.4, -0.2) is 71.7 Å². The van der Waals surface area contributed by atoms with Gasteiger partial charge in [-0.25, -0.2) is 12.8 Å². The standard InChI is InChI=1S/C32H40FN3O8S/c1-21(31(38)34-32(2,3)4)35(19-22-11-9-10-12-25(22)33)30(37)20-36(26-17-23(41-5)13-15-27(26)42-6)45(39,40)24-14-16-28(43-7)29(18-24)44-8/h9-18,21H,19-20H2,1-8H3,(H,34,38)/t21-/m1/s1. The van der Waals surface area contributed by atoms with E-state index in [-0.39, 0.29) is 34.2 Å². The fraction of sp³-hybridized carbons (Fsp3) is 0.375. The van der Waals surface area contributed by atoms with Crippen molar-refractivity contribution < 1.29 is 41.3 Å². The van der Waals surface area contributed by atoms with Gasteiger partial charge < -0.3 is 29.2 Å². The summed E-state index contributed by atoms with van der Waals surface area (Å²) >= 11 is 0. The van der Waals surface area contributed by atoms with Gasteiger partial charge >= 0.3 is 0 Å². The molecule has 11 nitrogen and oxygen atoms in total. The molecule has 3 aromatic rings. The molecule has 45 heavy (non-hydrogen) atoms.